The molecule has 1 aromatic heterocycles. The second-order valence-corrected chi connectivity index (χ2v) is 7.40. The van der Waals surface area contributed by atoms with Gasteiger partial charge in [-0.1, -0.05) is 40.5 Å². The third kappa shape index (κ3) is 4.03. The van der Waals surface area contributed by atoms with Crippen LogP contribution in [0.4, 0.5) is 0 Å². The summed E-state index contributed by atoms with van der Waals surface area (Å²) in [6, 6.07) is 0.546. The van der Waals surface area contributed by atoms with Gasteiger partial charge in [-0.05, 0) is 25.2 Å². The first-order valence-electron chi connectivity index (χ1n) is 7.82. The van der Waals surface area contributed by atoms with Crippen LogP contribution in [0.15, 0.2) is 0 Å². The van der Waals surface area contributed by atoms with Gasteiger partial charge in [0.2, 0.25) is 0 Å². The Kier molecular flexibility index (Phi) is 5.40. The molecule has 1 heterocycles. The summed E-state index contributed by atoms with van der Waals surface area (Å²) in [5.41, 5.74) is 1.33. The van der Waals surface area contributed by atoms with E-state index in [0.29, 0.717) is 6.04 Å². The van der Waals surface area contributed by atoms with Crippen molar-refractivity contribution in [3.63, 3.8) is 0 Å². The Bertz CT molecular complexity index is 397. The summed E-state index contributed by atoms with van der Waals surface area (Å²) in [6.07, 6.45) is 6.54. The molecule has 1 N–H and O–H groups in total. The molecule has 1 aromatic rings. The molecule has 2 unspecified atom stereocenters. The first-order chi connectivity index (χ1) is 9.10. The minimum absolute atomic E-state index is 0.546. The van der Waals surface area contributed by atoms with Crippen molar-refractivity contribution in [1.29, 1.82) is 0 Å². The molecule has 1 aliphatic rings. The van der Waals surface area contributed by atoms with E-state index in [1.54, 1.807) is 0 Å². The predicted octanol–water partition coefficient (Wildman–Crippen LogP) is 4.50. The molecule has 1 aliphatic carbocycles. The summed E-state index contributed by atoms with van der Waals surface area (Å²) in [4.78, 5) is 6.41. The van der Waals surface area contributed by atoms with E-state index in [1.807, 2.05) is 11.3 Å². The van der Waals surface area contributed by atoms with E-state index >= 15 is 0 Å². The smallest absolute Gasteiger partial charge is 0.0962 e. The number of thiazole rings is 1. The maximum absolute atomic E-state index is 4.94. The van der Waals surface area contributed by atoms with Gasteiger partial charge in [-0.3, -0.25) is 0 Å². The second-order valence-electron chi connectivity index (χ2n) is 6.28. The normalized spacial score (nSPS) is 24.1. The number of aromatic nitrogens is 1. The van der Waals surface area contributed by atoms with Crippen molar-refractivity contribution >= 4 is 11.3 Å². The number of hydrogen-bond acceptors (Lipinski definition) is 3. The minimum Gasteiger partial charge on any atom is -0.310 e. The molecule has 0 aromatic carbocycles. The van der Waals surface area contributed by atoms with E-state index < -0.39 is 0 Å². The Morgan fingerprint density at radius 3 is 2.79 bits per heavy atom. The highest BCUT2D eigenvalue weighted by molar-refractivity contribution is 7.11. The molecular formula is C16H28N2S. The van der Waals surface area contributed by atoms with E-state index in [1.165, 1.54) is 41.3 Å². The Morgan fingerprint density at radius 1 is 1.37 bits per heavy atom. The average Bonchev–Trinajstić information content (AvgIpc) is 2.79. The predicted molar refractivity (Wildman–Crippen MR) is 83.8 cm³/mol. The standard InChI is InChI=1S/C16H28N2S/c1-5-14-15(10-17-11(2)3)19-16(18-14)13-8-6-7-12(4)9-13/h11-13,17H,5-10H2,1-4H3. The lowest BCUT2D eigenvalue weighted by molar-refractivity contribution is 0.343. The zero-order chi connectivity index (χ0) is 13.8. The maximum atomic E-state index is 4.94. The lowest BCUT2D eigenvalue weighted by atomic mass is 9.83. The van der Waals surface area contributed by atoms with Gasteiger partial charge in [-0.15, -0.1) is 11.3 Å². The van der Waals surface area contributed by atoms with Crippen LogP contribution in [-0.2, 0) is 13.0 Å². The van der Waals surface area contributed by atoms with Gasteiger partial charge in [0.15, 0.2) is 0 Å². The van der Waals surface area contributed by atoms with E-state index in [0.717, 1.165) is 24.8 Å². The van der Waals surface area contributed by atoms with Gasteiger partial charge in [-0.2, -0.15) is 0 Å². The molecule has 2 nitrogen and oxygen atoms in total. The number of rotatable bonds is 5. The van der Waals surface area contributed by atoms with Crippen LogP contribution in [0, 0.1) is 5.92 Å². The third-order valence-corrected chi connectivity index (χ3v) is 5.35. The lowest BCUT2D eigenvalue weighted by Crippen LogP contribution is -2.21. The van der Waals surface area contributed by atoms with Crippen LogP contribution in [0.5, 0.6) is 0 Å². The summed E-state index contributed by atoms with van der Waals surface area (Å²) in [5, 5.41) is 4.94. The molecule has 108 valence electrons. The maximum Gasteiger partial charge on any atom is 0.0962 e. The highest BCUT2D eigenvalue weighted by Crippen LogP contribution is 2.38. The van der Waals surface area contributed by atoms with E-state index in [-0.39, 0.29) is 0 Å². The van der Waals surface area contributed by atoms with Crippen LogP contribution in [0.1, 0.15) is 74.9 Å². The van der Waals surface area contributed by atoms with Crippen LogP contribution >= 0.6 is 11.3 Å². The van der Waals surface area contributed by atoms with Gasteiger partial charge in [0, 0.05) is 23.4 Å². The van der Waals surface area contributed by atoms with Gasteiger partial charge in [0.1, 0.15) is 0 Å². The fourth-order valence-electron chi connectivity index (χ4n) is 2.95. The molecule has 3 heteroatoms. The number of hydrogen-bond donors (Lipinski definition) is 1. The largest absolute Gasteiger partial charge is 0.310 e. The zero-order valence-corrected chi connectivity index (χ0v) is 13.6. The Labute approximate surface area is 122 Å². The summed E-state index contributed by atoms with van der Waals surface area (Å²) in [5.74, 6) is 1.61. The first kappa shape index (κ1) is 15.0. The Morgan fingerprint density at radius 2 is 2.16 bits per heavy atom. The molecule has 0 spiro atoms. The monoisotopic (exact) mass is 280 g/mol. The number of nitrogens with one attached hydrogen (secondary N) is 1. The fraction of sp³-hybridized carbons (Fsp3) is 0.812. The molecule has 0 radical (unpaired) electrons. The van der Waals surface area contributed by atoms with E-state index in [2.05, 4.69) is 33.0 Å². The molecule has 0 aliphatic heterocycles. The molecule has 0 bridgehead atoms. The summed E-state index contributed by atoms with van der Waals surface area (Å²) in [6.45, 7) is 10.0. The van der Waals surface area contributed by atoms with Crippen LogP contribution in [0.3, 0.4) is 0 Å². The van der Waals surface area contributed by atoms with Gasteiger partial charge in [0.05, 0.1) is 10.7 Å². The first-order valence-corrected chi connectivity index (χ1v) is 8.63. The van der Waals surface area contributed by atoms with Crippen LogP contribution in [-0.4, -0.2) is 11.0 Å². The lowest BCUT2D eigenvalue weighted by Gasteiger charge is -2.24. The van der Waals surface area contributed by atoms with Crippen molar-refractivity contribution in [3.05, 3.63) is 15.6 Å². The van der Waals surface area contributed by atoms with Gasteiger partial charge < -0.3 is 5.32 Å². The van der Waals surface area contributed by atoms with Crippen molar-refractivity contribution in [2.45, 2.75) is 78.3 Å². The van der Waals surface area contributed by atoms with Gasteiger partial charge >= 0.3 is 0 Å². The van der Waals surface area contributed by atoms with Crippen LogP contribution in [0.2, 0.25) is 0 Å². The topological polar surface area (TPSA) is 24.9 Å². The van der Waals surface area contributed by atoms with Crippen molar-refractivity contribution in [2.75, 3.05) is 0 Å². The van der Waals surface area contributed by atoms with Crippen molar-refractivity contribution in [2.24, 2.45) is 5.92 Å². The van der Waals surface area contributed by atoms with Gasteiger partial charge in [-0.25, -0.2) is 4.98 Å². The molecular weight excluding hydrogens is 252 g/mol. The summed E-state index contributed by atoms with van der Waals surface area (Å²) in [7, 11) is 0. The quantitative estimate of drug-likeness (QED) is 0.859. The summed E-state index contributed by atoms with van der Waals surface area (Å²) >= 11 is 1.96. The van der Waals surface area contributed by atoms with Crippen LogP contribution < -0.4 is 5.32 Å². The number of aryl methyl sites for hydroxylation is 1. The molecule has 19 heavy (non-hydrogen) atoms. The molecule has 0 amide bonds. The van der Waals surface area contributed by atoms with Crippen molar-refractivity contribution in [1.82, 2.24) is 10.3 Å². The molecule has 2 atom stereocenters. The minimum atomic E-state index is 0.546. The van der Waals surface area contributed by atoms with E-state index in [4.69, 9.17) is 4.98 Å². The summed E-state index contributed by atoms with van der Waals surface area (Å²) < 4.78 is 0. The van der Waals surface area contributed by atoms with E-state index in [9.17, 15) is 0 Å². The van der Waals surface area contributed by atoms with Crippen molar-refractivity contribution in [3.8, 4) is 0 Å². The molecule has 1 saturated carbocycles. The van der Waals surface area contributed by atoms with Crippen molar-refractivity contribution < 1.29 is 0 Å². The fourth-order valence-corrected chi connectivity index (χ4v) is 4.20. The second kappa shape index (κ2) is 6.85. The third-order valence-electron chi connectivity index (χ3n) is 4.09. The Balaban J connectivity index is 2.08. The van der Waals surface area contributed by atoms with Crippen LogP contribution in [0.25, 0.3) is 0 Å². The molecule has 0 saturated heterocycles. The zero-order valence-electron chi connectivity index (χ0n) is 12.8. The molecule has 2 rings (SSSR count). The SMILES string of the molecule is CCc1nc(C2CCCC(C)C2)sc1CNC(C)C. The highest BCUT2D eigenvalue weighted by atomic mass is 32.1. The highest BCUT2D eigenvalue weighted by Gasteiger charge is 2.24. The number of nitrogens with zero attached hydrogens (tertiary/aromatic N) is 1. The Hall–Kier alpha value is -0.410. The van der Waals surface area contributed by atoms with Gasteiger partial charge in [0.25, 0.3) is 0 Å². The molecule has 1 fully saturated rings. The average molecular weight is 280 g/mol.